The Kier molecular flexibility index (Phi) is 5.62. The van der Waals surface area contributed by atoms with Crippen LogP contribution < -0.4 is 10.2 Å². The van der Waals surface area contributed by atoms with E-state index in [1.54, 1.807) is 0 Å². The fourth-order valence-electron chi connectivity index (χ4n) is 3.12. The summed E-state index contributed by atoms with van der Waals surface area (Å²) in [5.41, 5.74) is 3.52. The molecule has 0 unspecified atom stereocenters. The number of halogens is 1. The molecule has 0 aliphatic carbocycles. The van der Waals surface area contributed by atoms with Gasteiger partial charge in [0, 0.05) is 35.1 Å². The first-order valence-corrected chi connectivity index (χ1v) is 10.3. The summed E-state index contributed by atoms with van der Waals surface area (Å²) in [6, 6.07) is 15.4. The minimum atomic E-state index is -0.151. The lowest BCUT2D eigenvalue weighted by atomic mass is 10.2. The number of aryl methyl sites for hydroxylation is 1. The molecule has 3 aromatic rings. The number of nitrogens with zero attached hydrogens (tertiary/aromatic N) is 2. The molecular formula is C21H20ClN3O2S. The maximum Gasteiger partial charge on any atom is 0.267 e. The Bertz CT molecular complexity index is 982. The van der Waals surface area contributed by atoms with Gasteiger partial charge in [0.25, 0.3) is 5.91 Å². The van der Waals surface area contributed by atoms with Gasteiger partial charge in [-0.1, -0.05) is 23.7 Å². The summed E-state index contributed by atoms with van der Waals surface area (Å²) in [5, 5.41) is 4.40. The number of hydrogen-bond acceptors (Lipinski definition) is 5. The van der Waals surface area contributed by atoms with Crippen molar-refractivity contribution in [2.75, 3.05) is 36.5 Å². The number of ether oxygens (including phenoxy) is 1. The van der Waals surface area contributed by atoms with Crippen LogP contribution in [0.5, 0.6) is 0 Å². The van der Waals surface area contributed by atoms with E-state index < -0.39 is 0 Å². The second-order valence-electron chi connectivity index (χ2n) is 6.54. The van der Waals surface area contributed by atoms with Crippen LogP contribution in [0.1, 0.15) is 15.4 Å². The van der Waals surface area contributed by atoms with Crippen molar-refractivity contribution >= 4 is 40.2 Å². The van der Waals surface area contributed by atoms with Crippen molar-refractivity contribution in [3.05, 3.63) is 64.1 Å². The Morgan fingerprint density at radius 3 is 2.64 bits per heavy atom. The van der Waals surface area contributed by atoms with Gasteiger partial charge in [-0.2, -0.15) is 0 Å². The minimum Gasteiger partial charge on any atom is -0.378 e. The summed E-state index contributed by atoms with van der Waals surface area (Å²) < 4.78 is 5.39. The molecular weight excluding hydrogens is 394 g/mol. The van der Waals surface area contributed by atoms with Crippen LogP contribution in [0.25, 0.3) is 10.6 Å². The normalized spacial score (nSPS) is 14.1. The quantitative estimate of drug-likeness (QED) is 0.663. The van der Waals surface area contributed by atoms with Crippen LogP contribution in [0.4, 0.5) is 11.4 Å². The molecule has 1 fully saturated rings. The SMILES string of the molecule is Cc1nc(-c2cccc(Cl)c2)sc1C(=O)Nc1ccc(N2CCOCC2)cc1. The molecule has 144 valence electrons. The van der Waals surface area contributed by atoms with Gasteiger partial charge in [0.15, 0.2) is 0 Å². The molecule has 4 rings (SSSR count). The highest BCUT2D eigenvalue weighted by Gasteiger charge is 2.17. The average Bonchev–Trinajstić information content (AvgIpc) is 3.11. The molecule has 0 saturated carbocycles. The standard InChI is InChI=1S/C21H20ClN3O2S/c1-14-19(28-21(23-14)15-3-2-4-16(22)13-15)20(26)24-17-5-7-18(8-6-17)25-9-11-27-12-10-25/h2-8,13H,9-12H2,1H3,(H,24,26). The van der Waals surface area contributed by atoms with E-state index in [1.807, 2.05) is 55.5 Å². The third-order valence-electron chi connectivity index (χ3n) is 4.58. The first kappa shape index (κ1) is 18.9. The van der Waals surface area contributed by atoms with E-state index in [1.165, 1.54) is 11.3 Å². The molecule has 5 nitrogen and oxygen atoms in total. The van der Waals surface area contributed by atoms with E-state index in [9.17, 15) is 4.79 Å². The lowest BCUT2D eigenvalue weighted by molar-refractivity contribution is 0.103. The molecule has 1 saturated heterocycles. The Morgan fingerprint density at radius 2 is 1.93 bits per heavy atom. The van der Waals surface area contributed by atoms with E-state index in [4.69, 9.17) is 16.3 Å². The molecule has 1 aromatic heterocycles. The van der Waals surface area contributed by atoms with Crippen molar-refractivity contribution in [1.29, 1.82) is 0 Å². The van der Waals surface area contributed by atoms with Crippen LogP contribution in [-0.4, -0.2) is 37.2 Å². The topological polar surface area (TPSA) is 54.5 Å². The number of hydrogen-bond donors (Lipinski definition) is 1. The van der Waals surface area contributed by atoms with Gasteiger partial charge >= 0.3 is 0 Å². The molecule has 28 heavy (non-hydrogen) atoms. The lowest BCUT2D eigenvalue weighted by Crippen LogP contribution is -2.36. The van der Waals surface area contributed by atoms with E-state index in [-0.39, 0.29) is 5.91 Å². The number of carbonyl (C=O) groups excluding carboxylic acids is 1. The Labute approximate surface area is 172 Å². The highest BCUT2D eigenvalue weighted by Crippen LogP contribution is 2.30. The Balaban J connectivity index is 1.48. The number of thiazole rings is 1. The van der Waals surface area contributed by atoms with E-state index >= 15 is 0 Å². The zero-order chi connectivity index (χ0) is 19.5. The number of benzene rings is 2. The van der Waals surface area contributed by atoms with E-state index in [2.05, 4.69) is 15.2 Å². The maximum atomic E-state index is 12.7. The van der Waals surface area contributed by atoms with Gasteiger partial charge < -0.3 is 15.0 Å². The van der Waals surface area contributed by atoms with Gasteiger partial charge in [-0.25, -0.2) is 4.98 Å². The van der Waals surface area contributed by atoms with Crippen molar-refractivity contribution in [3.63, 3.8) is 0 Å². The number of carbonyl (C=O) groups is 1. The Morgan fingerprint density at radius 1 is 1.18 bits per heavy atom. The molecule has 0 spiro atoms. The van der Waals surface area contributed by atoms with Crippen molar-refractivity contribution in [1.82, 2.24) is 4.98 Å². The van der Waals surface area contributed by atoms with Crippen LogP contribution in [0, 0.1) is 6.92 Å². The summed E-state index contributed by atoms with van der Waals surface area (Å²) >= 11 is 7.44. The van der Waals surface area contributed by atoms with Crippen molar-refractivity contribution < 1.29 is 9.53 Å². The van der Waals surface area contributed by atoms with Crippen LogP contribution in [-0.2, 0) is 4.74 Å². The highest BCUT2D eigenvalue weighted by molar-refractivity contribution is 7.17. The summed E-state index contributed by atoms with van der Waals surface area (Å²) in [5.74, 6) is -0.151. The molecule has 1 amide bonds. The maximum absolute atomic E-state index is 12.7. The van der Waals surface area contributed by atoms with Gasteiger partial charge in [-0.15, -0.1) is 11.3 Å². The first-order chi connectivity index (χ1) is 13.6. The number of anilines is 2. The van der Waals surface area contributed by atoms with Gasteiger partial charge in [-0.05, 0) is 43.3 Å². The number of nitrogens with one attached hydrogen (secondary N) is 1. The number of rotatable bonds is 4. The van der Waals surface area contributed by atoms with Crippen LogP contribution in [0.2, 0.25) is 5.02 Å². The summed E-state index contributed by atoms with van der Waals surface area (Å²) in [4.78, 5) is 20.2. The molecule has 0 atom stereocenters. The second kappa shape index (κ2) is 8.31. The fraction of sp³-hybridized carbons (Fsp3) is 0.238. The number of amides is 1. The summed E-state index contributed by atoms with van der Waals surface area (Å²) in [6.45, 7) is 5.12. The average molecular weight is 414 g/mol. The fourth-order valence-corrected chi connectivity index (χ4v) is 4.27. The van der Waals surface area contributed by atoms with Crippen LogP contribution in [0.15, 0.2) is 48.5 Å². The minimum absolute atomic E-state index is 0.151. The van der Waals surface area contributed by atoms with E-state index in [0.717, 1.165) is 48.2 Å². The molecule has 1 aliphatic rings. The third-order valence-corrected chi connectivity index (χ3v) is 6.02. The Hall–Kier alpha value is -2.41. The largest absolute Gasteiger partial charge is 0.378 e. The molecule has 0 radical (unpaired) electrons. The molecule has 1 aliphatic heterocycles. The zero-order valence-corrected chi connectivity index (χ0v) is 17.0. The van der Waals surface area contributed by atoms with Gasteiger partial charge in [-0.3, -0.25) is 4.79 Å². The van der Waals surface area contributed by atoms with Crippen molar-refractivity contribution in [2.24, 2.45) is 0 Å². The van der Waals surface area contributed by atoms with Crippen molar-refractivity contribution in [3.8, 4) is 10.6 Å². The van der Waals surface area contributed by atoms with Gasteiger partial charge in [0.1, 0.15) is 9.88 Å². The predicted molar refractivity (Wildman–Crippen MR) is 115 cm³/mol. The number of morpholine rings is 1. The number of aromatic nitrogens is 1. The van der Waals surface area contributed by atoms with Crippen molar-refractivity contribution in [2.45, 2.75) is 6.92 Å². The molecule has 2 heterocycles. The smallest absolute Gasteiger partial charge is 0.267 e. The van der Waals surface area contributed by atoms with E-state index in [0.29, 0.717) is 15.6 Å². The lowest BCUT2D eigenvalue weighted by Gasteiger charge is -2.28. The summed E-state index contributed by atoms with van der Waals surface area (Å²) in [6.07, 6.45) is 0. The van der Waals surface area contributed by atoms with Gasteiger partial charge in [0.05, 0.1) is 18.9 Å². The highest BCUT2D eigenvalue weighted by atomic mass is 35.5. The van der Waals surface area contributed by atoms with Crippen LogP contribution in [0.3, 0.4) is 0 Å². The predicted octanol–water partition coefficient (Wildman–Crippen LogP) is 4.86. The third kappa shape index (κ3) is 4.19. The van der Waals surface area contributed by atoms with Crippen LogP contribution >= 0.6 is 22.9 Å². The molecule has 1 N–H and O–H groups in total. The van der Waals surface area contributed by atoms with Gasteiger partial charge in [0.2, 0.25) is 0 Å². The zero-order valence-electron chi connectivity index (χ0n) is 15.4. The second-order valence-corrected chi connectivity index (χ2v) is 7.98. The molecule has 0 bridgehead atoms. The monoisotopic (exact) mass is 413 g/mol. The summed E-state index contributed by atoms with van der Waals surface area (Å²) in [7, 11) is 0. The molecule has 2 aromatic carbocycles. The first-order valence-electron chi connectivity index (χ1n) is 9.07. The molecule has 7 heteroatoms.